The quantitative estimate of drug-likeness (QED) is 0.763. The molecule has 0 saturated carbocycles. The van der Waals surface area contributed by atoms with E-state index in [9.17, 15) is 0 Å². The standard InChI is InChI=1S/C14H17N5O/c1-9-11(14(20-3)19(2)18-9)8-15-12-6-4-5-10-7-16-17-13(10)12/h4-7,15H,8H2,1-3H3,(H,16,17). The number of methoxy groups -OCH3 is 1. The molecule has 0 aliphatic carbocycles. The van der Waals surface area contributed by atoms with Crippen molar-refractivity contribution in [2.24, 2.45) is 7.05 Å². The van der Waals surface area contributed by atoms with E-state index in [1.807, 2.05) is 38.4 Å². The van der Waals surface area contributed by atoms with Crippen molar-refractivity contribution >= 4 is 16.6 Å². The summed E-state index contributed by atoms with van der Waals surface area (Å²) in [5.41, 5.74) is 4.05. The minimum absolute atomic E-state index is 0.654. The van der Waals surface area contributed by atoms with E-state index in [-0.39, 0.29) is 0 Å². The minimum Gasteiger partial charge on any atom is -0.481 e. The molecule has 2 aromatic heterocycles. The monoisotopic (exact) mass is 271 g/mol. The van der Waals surface area contributed by atoms with Crippen molar-refractivity contribution in [1.29, 1.82) is 0 Å². The maximum Gasteiger partial charge on any atom is 0.216 e. The van der Waals surface area contributed by atoms with E-state index < -0.39 is 0 Å². The van der Waals surface area contributed by atoms with Crippen molar-refractivity contribution in [3.63, 3.8) is 0 Å². The van der Waals surface area contributed by atoms with Crippen LogP contribution in [-0.2, 0) is 13.6 Å². The largest absolute Gasteiger partial charge is 0.481 e. The van der Waals surface area contributed by atoms with Crippen LogP contribution < -0.4 is 10.1 Å². The molecule has 0 aliphatic heterocycles. The van der Waals surface area contributed by atoms with Gasteiger partial charge in [0.15, 0.2) is 0 Å². The molecule has 6 nitrogen and oxygen atoms in total. The van der Waals surface area contributed by atoms with Gasteiger partial charge >= 0.3 is 0 Å². The minimum atomic E-state index is 0.654. The fourth-order valence-corrected chi connectivity index (χ4v) is 2.44. The highest BCUT2D eigenvalue weighted by Crippen LogP contribution is 2.25. The van der Waals surface area contributed by atoms with Gasteiger partial charge in [0.25, 0.3) is 0 Å². The highest BCUT2D eigenvalue weighted by molar-refractivity contribution is 5.89. The predicted molar refractivity (Wildman–Crippen MR) is 77.9 cm³/mol. The maximum atomic E-state index is 5.40. The third kappa shape index (κ3) is 1.99. The van der Waals surface area contributed by atoms with Gasteiger partial charge in [0.2, 0.25) is 5.88 Å². The molecular weight excluding hydrogens is 254 g/mol. The number of aryl methyl sites for hydroxylation is 2. The summed E-state index contributed by atoms with van der Waals surface area (Å²) in [5, 5.41) is 16.0. The lowest BCUT2D eigenvalue weighted by Gasteiger charge is -2.09. The molecule has 20 heavy (non-hydrogen) atoms. The van der Waals surface area contributed by atoms with Gasteiger partial charge in [-0.05, 0) is 13.0 Å². The summed E-state index contributed by atoms with van der Waals surface area (Å²) in [5.74, 6) is 0.784. The van der Waals surface area contributed by atoms with Gasteiger partial charge in [0.1, 0.15) is 0 Å². The average Bonchev–Trinajstić information content (AvgIpc) is 3.01. The number of fused-ring (bicyclic) bond motifs is 1. The fourth-order valence-electron chi connectivity index (χ4n) is 2.44. The van der Waals surface area contributed by atoms with Gasteiger partial charge in [-0.2, -0.15) is 10.2 Å². The van der Waals surface area contributed by atoms with Crippen molar-refractivity contribution < 1.29 is 4.74 Å². The van der Waals surface area contributed by atoms with E-state index in [2.05, 4.69) is 20.6 Å². The van der Waals surface area contributed by atoms with E-state index in [4.69, 9.17) is 4.74 Å². The highest BCUT2D eigenvalue weighted by atomic mass is 16.5. The van der Waals surface area contributed by atoms with Gasteiger partial charge in [-0.1, -0.05) is 12.1 Å². The highest BCUT2D eigenvalue weighted by Gasteiger charge is 2.13. The number of H-pyrrole nitrogens is 1. The zero-order valence-corrected chi connectivity index (χ0v) is 11.8. The number of hydrogen-bond acceptors (Lipinski definition) is 4. The second-order valence-corrected chi connectivity index (χ2v) is 4.69. The molecule has 0 radical (unpaired) electrons. The van der Waals surface area contributed by atoms with Gasteiger partial charge in [0, 0.05) is 19.0 Å². The molecule has 2 heterocycles. The van der Waals surface area contributed by atoms with Crippen LogP contribution in [0.3, 0.4) is 0 Å². The Balaban J connectivity index is 1.88. The summed E-state index contributed by atoms with van der Waals surface area (Å²) in [4.78, 5) is 0. The molecule has 6 heteroatoms. The third-order valence-corrected chi connectivity index (χ3v) is 3.41. The summed E-state index contributed by atoms with van der Waals surface area (Å²) in [6, 6.07) is 6.06. The number of rotatable bonds is 4. The molecule has 2 N–H and O–H groups in total. The molecule has 0 unspecified atom stereocenters. The summed E-state index contributed by atoms with van der Waals surface area (Å²) in [6.07, 6.45) is 1.82. The Kier molecular flexibility index (Phi) is 3.06. The summed E-state index contributed by atoms with van der Waals surface area (Å²) < 4.78 is 7.15. The smallest absolute Gasteiger partial charge is 0.216 e. The Bertz CT molecular complexity index is 743. The van der Waals surface area contributed by atoms with Crippen LogP contribution in [0.5, 0.6) is 5.88 Å². The van der Waals surface area contributed by atoms with Gasteiger partial charge in [-0.25, -0.2) is 4.68 Å². The van der Waals surface area contributed by atoms with E-state index in [1.54, 1.807) is 11.8 Å². The van der Waals surface area contributed by atoms with E-state index >= 15 is 0 Å². The Hall–Kier alpha value is -2.50. The molecule has 104 valence electrons. The van der Waals surface area contributed by atoms with Crippen LogP contribution in [-0.4, -0.2) is 27.1 Å². The molecule has 0 saturated heterocycles. The Morgan fingerprint density at radius 1 is 1.40 bits per heavy atom. The number of ether oxygens (including phenoxy) is 1. The second kappa shape index (κ2) is 4.88. The Morgan fingerprint density at radius 2 is 2.25 bits per heavy atom. The molecule has 0 spiro atoms. The van der Waals surface area contributed by atoms with Gasteiger partial charge in [-0.3, -0.25) is 5.10 Å². The Morgan fingerprint density at radius 3 is 3.05 bits per heavy atom. The number of anilines is 1. The van der Waals surface area contributed by atoms with E-state index in [0.29, 0.717) is 6.54 Å². The summed E-state index contributed by atoms with van der Waals surface area (Å²) in [6.45, 7) is 2.64. The SMILES string of the molecule is COc1c(CNc2cccc3cn[nH]c23)c(C)nn1C. The lowest BCUT2D eigenvalue weighted by atomic mass is 10.2. The van der Waals surface area contributed by atoms with E-state index in [0.717, 1.165) is 33.7 Å². The summed E-state index contributed by atoms with van der Waals surface area (Å²) >= 11 is 0. The van der Waals surface area contributed by atoms with Crippen LogP contribution in [0.1, 0.15) is 11.3 Å². The molecular formula is C14H17N5O. The van der Waals surface area contributed by atoms with Crippen LogP contribution in [0, 0.1) is 6.92 Å². The molecule has 0 aliphatic rings. The normalized spacial score (nSPS) is 10.9. The van der Waals surface area contributed by atoms with Crippen LogP contribution in [0.25, 0.3) is 10.9 Å². The first-order valence-corrected chi connectivity index (χ1v) is 6.43. The number of aromatic amines is 1. The first-order valence-electron chi connectivity index (χ1n) is 6.43. The number of benzene rings is 1. The number of nitrogens with one attached hydrogen (secondary N) is 2. The number of hydrogen-bond donors (Lipinski definition) is 2. The fraction of sp³-hybridized carbons (Fsp3) is 0.286. The van der Waals surface area contributed by atoms with Crippen LogP contribution in [0.2, 0.25) is 0 Å². The molecule has 0 fully saturated rings. The molecule has 0 bridgehead atoms. The van der Waals surface area contributed by atoms with Crippen LogP contribution in [0.4, 0.5) is 5.69 Å². The number of para-hydroxylation sites is 1. The van der Waals surface area contributed by atoms with Gasteiger partial charge in [-0.15, -0.1) is 0 Å². The van der Waals surface area contributed by atoms with Crippen molar-refractivity contribution in [2.75, 3.05) is 12.4 Å². The number of nitrogens with zero attached hydrogens (tertiary/aromatic N) is 3. The molecule has 0 atom stereocenters. The lowest BCUT2D eigenvalue weighted by Crippen LogP contribution is -2.03. The average molecular weight is 271 g/mol. The van der Waals surface area contributed by atoms with E-state index in [1.165, 1.54) is 0 Å². The zero-order valence-electron chi connectivity index (χ0n) is 11.8. The molecule has 1 aromatic carbocycles. The first kappa shape index (κ1) is 12.5. The van der Waals surface area contributed by atoms with Crippen molar-refractivity contribution in [1.82, 2.24) is 20.0 Å². The van der Waals surface area contributed by atoms with Crippen molar-refractivity contribution in [2.45, 2.75) is 13.5 Å². The van der Waals surface area contributed by atoms with Crippen LogP contribution >= 0.6 is 0 Å². The molecule has 0 amide bonds. The molecule has 3 aromatic rings. The first-order chi connectivity index (χ1) is 9.70. The lowest BCUT2D eigenvalue weighted by molar-refractivity contribution is 0.370. The van der Waals surface area contributed by atoms with Crippen molar-refractivity contribution in [3.05, 3.63) is 35.7 Å². The summed E-state index contributed by atoms with van der Waals surface area (Å²) in [7, 11) is 3.54. The van der Waals surface area contributed by atoms with Crippen LogP contribution in [0.15, 0.2) is 24.4 Å². The topological polar surface area (TPSA) is 67.8 Å². The number of aromatic nitrogens is 4. The van der Waals surface area contributed by atoms with Crippen molar-refractivity contribution in [3.8, 4) is 5.88 Å². The Labute approximate surface area is 116 Å². The van der Waals surface area contributed by atoms with Gasteiger partial charge in [0.05, 0.1) is 35.8 Å². The zero-order chi connectivity index (χ0) is 14.1. The molecule has 3 rings (SSSR count). The maximum absolute atomic E-state index is 5.40. The predicted octanol–water partition coefficient (Wildman–Crippen LogP) is 2.23. The second-order valence-electron chi connectivity index (χ2n) is 4.69. The van der Waals surface area contributed by atoms with Gasteiger partial charge < -0.3 is 10.1 Å². The third-order valence-electron chi connectivity index (χ3n) is 3.41.